The first-order valence-corrected chi connectivity index (χ1v) is 6.19. The van der Waals surface area contributed by atoms with Crippen LogP contribution in [0.15, 0.2) is 28.8 Å². The number of nitrogens with zero attached hydrogens (tertiary/aromatic N) is 1. The maximum atomic E-state index is 5.93. The van der Waals surface area contributed by atoms with Crippen molar-refractivity contribution < 1.29 is 9.26 Å². The van der Waals surface area contributed by atoms with Gasteiger partial charge in [-0.15, -0.1) is 0 Å². The highest BCUT2D eigenvalue weighted by molar-refractivity contribution is 5.80. The number of ether oxygens (including phenoxy) is 1. The van der Waals surface area contributed by atoms with Crippen LogP contribution in [0.3, 0.4) is 0 Å². The molecule has 1 aliphatic carbocycles. The molecule has 0 atom stereocenters. The Morgan fingerprint density at radius 3 is 2.78 bits per heavy atom. The van der Waals surface area contributed by atoms with Crippen molar-refractivity contribution in [3.63, 3.8) is 0 Å². The summed E-state index contributed by atoms with van der Waals surface area (Å²) in [5.74, 6) is 1.65. The number of aromatic nitrogens is 1. The third-order valence-electron chi connectivity index (χ3n) is 3.61. The van der Waals surface area contributed by atoms with Crippen molar-refractivity contribution in [2.24, 2.45) is 0 Å². The number of benzene rings is 1. The lowest BCUT2D eigenvalue weighted by molar-refractivity contribution is 0.369. The molecule has 1 saturated carbocycles. The van der Waals surface area contributed by atoms with Gasteiger partial charge in [-0.1, -0.05) is 29.8 Å². The van der Waals surface area contributed by atoms with Crippen molar-refractivity contribution in [3.8, 4) is 16.9 Å². The molecule has 0 radical (unpaired) electrons. The first-order chi connectivity index (χ1) is 8.81. The SMILES string of the molecule is COc1ccccc1-c1c(C2CCC2)noc1N. The molecule has 0 bridgehead atoms. The van der Waals surface area contributed by atoms with Gasteiger partial charge in [0.15, 0.2) is 0 Å². The summed E-state index contributed by atoms with van der Waals surface area (Å²) < 4.78 is 10.6. The van der Waals surface area contributed by atoms with Gasteiger partial charge in [-0.05, 0) is 18.9 Å². The lowest BCUT2D eigenvalue weighted by Gasteiger charge is -2.24. The van der Waals surface area contributed by atoms with Crippen molar-refractivity contribution in [1.29, 1.82) is 0 Å². The van der Waals surface area contributed by atoms with Crippen molar-refractivity contribution in [2.45, 2.75) is 25.2 Å². The first-order valence-electron chi connectivity index (χ1n) is 6.19. The summed E-state index contributed by atoms with van der Waals surface area (Å²) in [5.41, 5.74) is 8.76. The number of para-hydroxylation sites is 1. The minimum atomic E-state index is 0.376. The van der Waals surface area contributed by atoms with Crippen LogP contribution in [0.5, 0.6) is 5.75 Å². The molecule has 0 amide bonds. The largest absolute Gasteiger partial charge is 0.496 e. The molecule has 1 fully saturated rings. The van der Waals surface area contributed by atoms with E-state index in [-0.39, 0.29) is 0 Å². The van der Waals surface area contributed by atoms with Crippen LogP contribution >= 0.6 is 0 Å². The highest BCUT2D eigenvalue weighted by Crippen LogP contribution is 2.44. The van der Waals surface area contributed by atoms with Gasteiger partial charge in [0, 0.05) is 11.5 Å². The predicted molar refractivity (Wildman–Crippen MR) is 69.5 cm³/mol. The second-order valence-electron chi connectivity index (χ2n) is 4.64. The maximum absolute atomic E-state index is 5.93. The molecule has 2 aromatic rings. The highest BCUT2D eigenvalue weighted by Gasteiger charge is 2.29. The summed E-state index contributed by atoms with van der Waals surface area (Å²) >= 11 is 0. The minimum Gasteiger partial charge on any atom is -0.496 e. The Bertz CT molecular complexity index is 559. The molecule has 1 aliphatic rings. The van der Waals surface area contributed by atoms with Crippen LogP contribution in [0.25, 0.3) is 11.1 Å². The van der Waals surface area contributed by atoms with Gasteiger partial charge < -0.3 is 15.0 Å². The van der Waals surface area contributed by atoms with Crippen molar-refractivity contribution in [3.05, 3.63) is 30.0 Å². The Balaban J connectivity index is 2.12. The average Bonchev–Trinajstić information content (AvgIpc) is 2.69. The van der Waals surface area contributed by atoms with E-state index in [1.165, 1.54) is 6.42 Å². The van der Waals surface area contributed by atoms with Gasteiger partial charge in [-0.2, -0.15) is 0 Å². The molecule has 0 saturated heterocycles. The molecule has 0 aliphatic heterocycles. The molecule has 3 rings (SSSR count). The van der Waals surface area contributed by atoms with E-state index in [0.717, 1.165) is 35.4 Å². The molecule has 4 nitrogen and oxygen atoms in total. The van der Waals surface area contributed by atoms with Gasteiger partial charge in [0.1, 0.15) is 5.75 Å². The highest BCUT2D eigenvalue weighted by atomic mass is 16.5. The molecule has 1 aromatic heterocycles. The van der Waals surface area contributed by atoms with Crippen molar-refractivity contribution in [2.75, 3.05) is 12.8 Å². The quantitative estimate of drug-likeness (QED) is 0.900. The number of methoxy groups -OCH3 is 1. The average molecular weight is 244 g/mol. The van der Waals surface area contributed by atoms with Crippen molar-refractivity contribution in [1.82, 2.24) is 5.16 Å². The van der Waals surface area contributed by atoms with E-state index >= 15 is 0 Å². The maximum Gasteiger partial charge on any atom is 0.230 e. The van der Waals surface area contributed by atoms with E-state index in [1.807, 2.05) is 24.3 Å². The standard InChI is InChI=1S/C14H16N2O2/c1-17-11-8-3-2-7-10(11)12-13(9-5-4-6-9)16-18-14(12)15/h2-3,7-9H,4-6,15H2,1H3. The Morgan fingerprint density at radius 2 is 2.11 bits per heavy atom. The molecule has 0 unspecified atom stereocenters. The topological polar surface area (TPSA) is 61.3 Å². The van der Waals surface area contributed by atoms with Gasteiger partial charge in [-0.3, -0.25) is 0 Å². The Kier molecular flexibility index (Phi) is 2.70. The van der Waals surface area contributed by atoms with Crippen LogP contribution in [0.2, 0.25) is 0 Å². The van der Waals surface area contributed by atoms with E-state index < -0.39 is 0 Å². The van der Waals surface area contributed by atoms with E-state index in [1.54, 1.807) is 7.11 Å². The molecule has 1 heterocycles. The number of hydrogen-bond donors (Lipinski definition) is 1. The molecule has 18 heavy (non-hydrogen) atoms. The molecular weight excluding hydrogens is 228 g/mol. The summed E-state index contributed by atoms with van der Waals surface area (Å²) in [6.45, 7) is 0. The van der Waals surface area contributed by atoms with Crippen LogP contribution in [0, 0.1) is 0 Å². The fraction of sp³-hybridized carbons (Fsp3) is 0.357. The lowest BCUT2D eigenvalue weighted by Crippen LogP contribution is -2.10. The fourth-order valence-corrected chi connectivity index (χ4v) is 2.40. The summed E-state index contributed by atoms with van der Waals surface area (Å²) in [6, 6.07) is 7.82. The Morgan fingerprint density at radius 1 is 1.33 bits per heavy atom. The van der Waals surface area contributed by atoms with Gasteiger partial charge in [0.05, 0.1) is 18.4 Å². The number of rotatable bonds is 3. The normalized spacial score (nSPS) is 15.4. The third kappa shape index (κ3) is 1.65. The summed E-state index contributed by atoms with van der Waals surface area (Å²) in [6.07, 6.45) is 3.57. The third-order valence-corrected chi connectivity index (χ3v) is 3.61. The zero-order valence-corrected chi connectivity index (χ0v) is 10.3. The molecular formula is C14H16N2O2. The van der Waals surface area contributed by atoms with E-state index in [9.17, 15) is 0 Å². The number of anilines is 1. The minimum absolute atomic E-state index is 0.376. The monoisotopic (exact) mass is 244 g/mol. The molecule has 0 spiro atoms. The van der Waals surface area contributed by atoms with Gasteiger partial charge in [0.25, 0.3) is 0 Å². The van der Waals surface area contributed by atoms with Gasteiger partial charge >= 0.3 is 0 Å². The number of nitrogens with two attached hydrogens (primary N) is 1. The second kappa shape index (κ2) is 4.37. The summed E-state index contributed by atoms with van der Waals surface area (Å²) in [5, 5.41) is 4.13. The molecule has 1 aromatic carbocycles. The lowest BCUT2D eigenvalue weighted by atomic mass is 9.80. The number of nitrogen functional groups attached to an aromatic ring is 1. The van der Waals surface area contributed by atoms with Crippen LogP contribution in [0.4, 0.5) is 5.88 Å². The van der Waals surface area contributed by atoms with E-state index in [4.69, 9.17) is 15.0 Å². The summed E-state index contributed by atoms with van der Waals surface area (Å²) in [4.78, 5) is 0. The van der Waals surface area contributed by atoms with Crippen LogP contribution < -0.4 is 10.5 Å². The van der Waals surface area contributed by atoms with Crippen LogP contribution in [0.1, 0.15) is 30.9 Å². The van der Waals surface area contributed by atoms with E-state index in [0.29, 0.717) is 11.8 Å². The second-order valence-corrected chi connectivity index (χ2v) is 4.64. The number of hydrogen-bond acceptors (Lipinski definition) is 4. The zero-order valence-electron chi connectivity index (χ0n) is 10.3. The van der Waals surface area contributed by atoms with Gasteiger partial charge in [0.2, 0.25) is 5.88 Å². The summed E-state index contributed by atoms with van der Waals surface area (Å²) in [7, 11) is 1.66. The van der Waals surface area contributed by atoms with Crippen LogP contribution in [-0.4, -0.2) is 12.3 Å². The predicted octanol–water partition coefficient (Wildman–Crippen LogP) is 3.20. The van der Waals surface area contributed by atoms with E-state index in [2.05, 4.69) is 5.16 Å². The fourth-order valence-electron chi connectivity index (χ4n) is 2.40. The Labute approximate surface area is 106 Å². The van der Waals surface area contributed by atoms with Gasteiger partial charge in [-0.25, -0.2) is 0 Å². The van der Waals surface area contributed by atoms with Crippen LogP contribution in [-0.2, 0) is 0 Å². The first kappa shape index (κ1) is 11.1. The Hall–Kier alpha value is -1.97. The molecule has 2 N–H and O–H groups in total. The van der Waals surface area contributed by atoms with Crippen molar-refractivity contribution >= 4 is 5.88 Å². The molecule has 94 valence electrons. The smallest absolute Gasteiger partial charge is 0.230 e. The zero-order chi connectivity index (χ0) is 12.5. The molecule has 4 heteroatoms.